The molecule has 1 aliphatic heterocycles. The Kier molecular flexibility index (Phi) is 6.96. The first-order chi connectivity index (χ1) is 14.4. The van der Waals surface area contributed by atoms with E-state index in [9.17, 15) is 14.4 Å². The average Bonchev–Trinajstić information content (AvgIpc) is 3.17. The zero-order valence-corrected chi connectivity index (χ0v) is 17.3. The van der Waals surface area contributed by atoms with Crippen LogP contribution in [0.1, 0.15) is 33.7 Å². The zero-order valence-electron chi connectivity index (χ0n) is 15.8. The Morgan fingerprint density at radius 1 is 1.20 bits per heavy atom. The van der Waals surface area contributed by atoms with Crippen LogP contribution in [0.5, 0.6) is 0 Å². The van der Waals surface area contributed by atoms with E-state index in [1.807, 2.05) is 0 Å². The number of hydrogen-bond donors (Lipinski definition) is 3. The van der Waals surface area contributed by atoms with Crippen molar-refractivity contribution in [3.63, 3.8) is 0 Å². The number of aromatic nitrogens is 2. The minimum absolute atomic E-state index is 0.0278. The number of anilines is 1. The molecule has 0 radical (unpaired) electrons. The number of piperidine rings is 1. The predicted octanol–water partition coefficient (Wildman–Crippen LogP) is 3.44. The maximum absolute atomic E-state index is 12.6. The van der Waals surface area contributed by atoms with Crippen molar-refractivity contribution in [2.45, 2.75) is 18.9 Å². The molecule has 30 heavy (non-hydrogen) atoms. The number of aromatic amines is 1. The Bertz CT molecular complexity index is 949. The summed E-state index contributed by atoms with van der Waals surface area (Å²) in [4.78, 5) is 38.4. The van der Waals surface area contributed by atoms with E-state index in [-0.39, 0.29) is 33.0 Å². The minimum atomic E-state index is -0.560. The minimum Gasteiger partial charge on any atom is -0.419 e. The molecule has 2 heterocycles. The van der Waals surface area contributed by atoms with Crippen molar-refractivity contribution in [2.75, 3.05) is 18.4 Å². The average molecular weight is 452 g/mol. The fourth-order valence-corrected chi connectivity index (χ4v) is 3.63. The van der Waals surface area contributed by atoms with Gasteiger partial charge in [-0.1, -0.05) is 35.8 Å². The van der Waals surface area contributed by atoms with E-state index in [0.717, 1.165) is 6.26 Å². The van der Waals surface area contributed by atoms with Crippen LogP contribution in [0.4, 0.5) is 10.5 Å². The first kappa shape index (κ1) is 21.7. The predicted molar refractivity (Wildman–Crippen MR) is 112 cm³/mol. The summed E-state index contributed by atoms with van der Waals surface area (Å²) >= 11 is 12.1. The Morgan fingerprint density at radius 2 is 1.87 bits per heavy atom. The molecule has 1 saturated heterocycles. The Labute approximate surface area is 182 Å². The largest absolute Gasteiger partial charge is 0.419 e. The molecule has 158 valence electrons. The van der Waals surface area contributed by atoms with Gasteiger partial charge in [-0.3, -0.25) is 14.7 Å². The van der Waals surface area contributed by atoms with E-state index in [0.29, 0.717) is 25.9 Å². The molecule has 0 bridgehead atoms. The van der Waals surface area contributed by atoms with E-state index in [1.54, 1.807) is 18.2 Å². The van der Waals surface area contributed by atoms with Crippen LogP contribution in [0.2, 0.25) is 10.0 Å². The quantitative estimate of drug-likeness (QED) is 0.601. The first-order valence-corrected chi connectivity index (χ1v) is 9.82. The van der Waals surface area contributed by atoms with Gasteiger partial charge < -0.3 is 20.3 Å². The lowest BCUT2D eigenvalue weighted by atomic mass is 10.1. The van der Waals surface area contributed by atoms with Gasteiger partial charge in [0.2, 0.25) is 0 Å². The lowest BCUT2D eigenvalue weighted by Gasteiger charge is -2.31. The van der Waals surface area contributed by atoms with Crippen LogP contribution in [0.15, 0.2) is 37.2 Å². The summed E-state index contributed by atoms with van der Waals surface area (Å²) in [6, 6.07) is 4.56. The SMILES string of the molecule is C=COC(=O)N1CCC(NC(=O)c2n[nH]cc2NC(=O)c2c(Cl)cccc2Cl)CC1. The molecule has 0 atom stereocenters. The summed E-state index contributed by atoms with van der Waals surface area (Å²) < 4.78 is 4.75. The third-order valence-electron chi connectivity index (χ3n) is 4.57. The Balaban J connectivity index is 1.61. The van der Waals surface area contributed by atoms with Gasteiger partial charge in [-0.2, -0.15) is 5.10 Å². The van der Waals surface area contributed by atoms with Crippen LogP contribution in [-0.2, 0) is 4.74 Å². The number of carbonyl (C=O) groups excluding carboxylic acids is 3. The highest BCUT2D eigenvalue weighted by atomic mass is 35.5. The van der Waals surface area contributed by atoms with Crippen molar-refractivity contribution in [1.82, 2.24) is 20.4 Å². The van der Waals surface area contributed by atoms with E-state index in [2.05, 4.69) is 27.4 Å². The molecule has 9 nitrogen and oxygen atoms in total. The number of rotatable bonds is 5. The molecular weight excluding hydrogens is 433 g/mol. The van der Waals surface area contributed by atoms with Crippen LogP contribution in [0, 0.1) is 0 Å². The van der Waals surface area contributed by atoms with Gasteiger partial charge in [-0.05, 0) is 25.0 Å². The second-order valence-corrected chi connectivity index (χ2v) is 7.30. The smallest absolute Gasteiger partial charge is 0.414 e. The van der Waals surface area contributed by atoms with E-state index >= 15 is 0 Å². The number of nitrogens with zero attached hydrogens (tertiary/aromatic N) is 2. The lowest BCUT2D eigenvalue weighted by Crippen LogP contribution is -2.46. The number of H-pyrrole nitrogens is 1. The standard InChI is InChI=1S/C19H19Cl2N5O4/c1-2-30-19(29)26-8-6-11(7-9-26)23-18(28)16-14(10-22-25-16)24-17(27)15-12(20)4-3-5-13(15)21/h2-5,10-11H,1,6-9H2,(H,22,25)(H,23,28)(H,24,27). The van der Waals surface area contributed by atoms with Crippen molar-refractivity contribution in [1.29, 1.82) is 0 Å². The monoisotopic (exact) mass is 451 g/mol. The normalized spacial score (nSPS) is 14.1. The first-order valence-electron chi connectivity index (χ1n) is 9.07. The molecule has 3 amide bonds. The highest BCUT2D eigenvalue weighted by Gasteiger charge is 2.26. The Hall–Kier alpha value is -3.04. The van der Waals surface area contributed by atoms with Crippen molar-refractivity contribution in [3.05, 3.63) is 58.5 Å². The van der Waals surface area contributed by atoms with E-state index in [1.165, 1.54) is 11.1 Å². The van der Waals surface area contributed by atoms with Gasteiger partial charge in [0.05, 0.1) is 27.6 Å². The van der Waals surface area contributed by atoms with Gasteiger partial charge in [-0.25, -0.2) is 4.79 Å². The maximum Gasteiger partial charge on any atom is 0.414 e. The molecule has 0 unspecified atom stereocenters. The van der Waals surface area contributed by atoms with Gasteiger partial charge >= 0.3 is 6.09 Å². The van der Waals surface area contributed by atoms with Crippen molar-refractivity contribution >= 4 is 46.8 Å². The number of nitrogens with one attached hydrogen (secondary N) is 3. The summed E-state index contributed by atoms with van der Waals surface area (Å²) in [6.07, 6.45) is 3.12. The molecule has 3 rings (SSSR count). The molecule has 1 aliphatic rings. The fourth-order valence-electron chi connectivity index (χ4n) is 3.06. The molecule has 0 spiro atoms. The number of carbonyl (C=O) groups is 3. The number of hydrogen-bond acceptors (Lipinski definition) is 5. The molecule has 3 N–H and O–H groups in total. The number of likely N-dealkylation sites (tertiary alicyclic amines) is 1. The summed E-state index contributed by atoms with van der Waals surface area (Å²) in [5, 5.41) is 12.3. The Morgan fingerprint density at radius 3 is 2.50 bits per heavy atom. The summed E-state index contributed by atoms with van der Waals surface area (Å²) in [6.45, 7) is 4.23. The third-order valence-corrected chi connectivity index (χ3v) is 5.20. The van der Waals surface area contributed by atoms with Gasteiger partial charge in [0.1, 0.15) is 0 Å². The molecule has 1 fully saturated rings. The summed E-state index contributed by atoms with van der Waals surface area (Å²) in [7, 11) is 0. The maximum atomic E-state index is 12.6. The summed E-state index contributed by atoms with van der Waals surface area (Å²) in [5.41, 5.74) is 0.327. The second-order valence-electron chi connectivity index (χ2n) is 6.48. The molecule has 0 saturated carbocycles. The van der Waals surface area contributed by atoms with Gasteiger partial charge in [0.25, 0.3) is 11.8 Å². The van der Waals surface area contributed by atoms with Crippen LogP contribution in [-0.4, -0.2) is 52.1 Å². The highest BCUT2D eigenvalue weighted by Crippen LogP contribution is 2.26. The van der Waals surface area contributed by atoms with Crippen molar-refractivity contribution in [2.24, 2.45) is 0 Å². The van der Waals surface area contributed by atoms with Crippen molar-refractivity contribution in [3.8, 4) is 0 Å². The van der Waals surface area contributed by atoms with Gasteiger partial charge in [0, 0.05) is 25.3 Å². The summed E-state index contributed by atoms with van der Waals surface area (Å²) in [5.74, 6) is -1.01. The van der Waals surface area contributed by atoms with Crippen molar-refractivity contribution < 1.29 is 19.1 Å². The van der Waals surface area contributed by atoms with Gasteiger partial charge in [0.15, 0.2) is 5.69 Å². The van der Waals surface area contributed by atoms with Gasteiger partial charge in [-0.15, -0.1) is 0 Å². The third kappa shape index (κ3) is 4.92. The van der Waals surface area contributed by atoms with Crippen LogP contribution in [0.3, 0.4) is 0 Å². The lowest BCUT2D eigenvalue weighted by molar-refractivity contribution is 0.0899. The second kappa shape index (κ2) is 9.64. The topological polar surface area (TPSA) is 116 Å². The fraction of sp³-hybridized carbons (Fsp3) is 0.263. The molecule has 1 aromatic carbocycles. The molecule has 1 aromatic heterocycles. The highest BCUT2D eigenvalue weighted by molar-refractivity contribution is 6.40. The molecule has 0 aliphatic carbocycles. The number of halogens is 2. The number of amides is 3. The number of ether oxygens (including phenoxy) is 1. The van der Waals surface area contributed by atoms with E-state index < -0.39 is 17.9 Å². The molecule has 2 aromatic rings. The zero-order chi connectivity index (χ0) is 21.7. The number of benzene rings is 1. The molecule has 11 heteroatoms. The van der Waals surface area contributed by atoms with Crippen LogP contribution >= 0.6 is 23.2 Å². The van der Waals surface area contributed by atoms with Crippen LogP contribution in [0.25, 0.3) is 0 Å². The van der Waals surface area contributed by atoms with Crippen LogP contribution < -0.4 is 10.6 Å². The molecular formula is C19H19Cl2N5O4. The van der Waals surface area contributed by atoms with E-state index in [4.69, 9.17) is 27.9 Å².